The number of aromatic nitrogens is 2. The first kappa shape index (κ1) is 16.0. The Morgan fingerprint density at radius 2 is 1.95 bits per heavy atom. The van der Waals surface area contributed by atoms with Crippen molar-refractivity contribution in [3.63, 3.8) is 0 Å². The van der Waals surface area contributed by atoms with Gasteiger partial charge in [0.25, 0.3) is 0 Å². The summed E-state index contributed by atoms with van der Waals surface area (Å²) in [4.78, 5) is 10.1. The molecule has 2 heterocycles. The van der Waals surface area contributed by atoms with Gasteiger partial charge in [-0.25, -0.2) is 4.98 Å². The number of halogens is 3. The van der Waals surface area contributed by atoms with Gasteiger partial charge in [-0.2, -0.15) is 13.2 Å². The van der Waals surface area contributed by atoms with Crippen LogP contribution in [0.1, 0.15) is 24.2 Å². The van der Waals surface area contributed by atoms with E-state index in [1.165, 1.54) is 4.90 Å². The fourth-order valence-corrected chi connectivity index (χ4v) is 2.55. The van der Waals surface area contributed by atoms with Gasteiger partial charge in [-0.1, -0.05) is 0 Å². The predicted molar refractivity (Wildman–Crippen MR) is 75.2 cm³/mol. The lowest BCUT2D eigenvalue weighted by atomic mass is 9.97. The van der Waals surface area contributed by atoms with Gasteiger partial charge in [-0.15, -0.1) is 0 Å². The zero-order valence-corrected chi connectivity index (χ0v) is 12.4. The van der Waals surface area contributed by atoms with E-state index >= 15 is 0 Å². The molecule has 0 unspecified atom stereocenters. The lowest BCUT2D eigenvalue weighted by Crippen LogP contribution is -2.41. The Morgan fingerprint density at radius 3 is 2.57 bits per heavy atom. The van der Waals surface area contributed by atoms with Crippen molar-refractivity contribution >= 4 is 5.82 Å². The van der Waals surface area contributed by atoms with Crippen molar-refractivity contribution in [2.24, 2.45) is 5.92 Å². The predicted octanol–water partition coefficient (Wildman–Crippen LogP) is 2.78. The van der Waals surface area contributed by atoms with Crippen LogP contribution in [0.4, 0.5) is 19.0 Å². The van der Waals surface area contributed by atoms with E-state index in [2.05, 4.69) is 15.3 Å². The number of aryl methyl sites for hydroxylation is 2. The summed E-state index contributed by atoms with van der Waals surface area (Å²) >= 11 is 0. The minimum atomic E-state index is -4.10. The second-order valence-electron chi connectivity index (χ2n) is 5.66. The maximum absolute atomic E-state index is 12.3. The molecule has 1 aromatic rings. The summed E-state index contributed by atoms with van der Waals surface area (Å²) in [6.07, 6.45) is -0.821. The number of rotatable bonds is 4. The highest BCUT2D eigenvalue weighted by molar-refractivity contribution is 5.39. The maximum atomic E-state index is 12.3. The van der Waals surface area contributed by atoms with Crippen molar-refractivity contribution < 1.29 is 13.2 Å². The molecule has 1 fully saturated rings. The number of anilines is 1. The number of piperidine rings is 1. The Balaban J connectivity index is 1.77. The fourth-order valence-electron chi connectivity index (χ4n) is 2.55. The number of hydrogen-bond donors (Lipinski definition) is 1. The Morgan fingerprint density at radius 1 is 1.29 bits per heavy atom. The van der Waals surface area contributed by atoms with Gasteiger partial charge >= 0.3 is 6.18 Å². The van der Waals surface area contributed by atoms with E-state index < -0.39 is 12.7 Å². The van der Waals surface area contributed by atoms with Crippen molar-refractivity contribution in [2.45, 2.75) is 32.9 Å². The summed E-state index contributed by atoms with van der Waals surface area (Å²) < 4.78 is 37.0. The Labute approximate surface area is 122 Å². The van der Waals surface area contributed by atoms with Gasteiger partial charge in [0.05, 0.1) is 17.9 Å². The van der Waals surface area contributed by atoms with Crippen LogP contribution in [0.25, 0.3) is 0 Å². The molecule has 1 aliphatic rings. The summed E-state index contributed by atoms with van der Waals surface area (Å²) in [5, 5.41) is 3.27. The third-order valence-corrected chi connectivity index (χ3v) is 3.74. The molecule has 0 bridgehead atoms. The van der Waals surface area contributed by atoms with Crippen LogP contribution in [0.15, 0.2) is 6.20 Å². The summed E-state index contributed by atoms with van der Waals surface area (Å²) in [6, 6.07) is 0. The third kappa shape index (κ3) is 5.15. The standard InChI is InChI=1S/C14H21F3N4/c1-10-7-18-11(2)13(20-10)19-8-12-3-5-21(6-4-12)9-14(15,16)17/h7,12H,3-6,8-9H2,1-2H3,(H,19,20). The number of nitrogens with one attached hydrogen (secondary N) is 1. The van der Waals surface area contributed by atoms with Crippen LogP contribution < -0.4 is 5.32 Å². The molecule has 0 radical (unpaired) electrons. The first-order chi connectivity index (χ1) is 9.83. The second kappa shape index (κ2) is 6.60. The zero-order valence-electron chi connectivity index (χ0n) is 12.4. The van der Waals surface area contributed by atoms with E-state index in [0.717, 1.165) is 36.6 Å². The van der Waals surface area contributed by atoms with Crippen molar-refractivity contribution in [3.05, 3.63) is 17.6 Å². The molecule has 2 rings (SSSR count). The Hall–Kier alpha value is -1.37. The molecule has 0 aliphatic carbocycles. The third-order valence-electron chi connectivity index (χ3n) is 3.74. The van der Waals surface area contributed by atoms with Crippen LogP contribution in [0, 0.1) is 19.8 Å². The van der Waals surface area contributed by atoms with Crippen molar-refractivity contribution in [3.8, 4) is 0 Å². The Bertz CT molecular complexity index is 468. The monoisotopic (exact) mass is 302 g/mol. The minimum Gasteiger partial charge on any atom is -0.368 e. The van der Waals surface area contributed by atoms with Crippen molar-refractivity contribution in [1.29, 1.82) is 0 Å². The molecule has 0 saturated carbocycles. The summed E-state index contributed by atoms with van der Waals surface area (Å²) in [5.41, 5.74) is 1.69. The smallest absolute Gasteiger partial charge is 0.368 e. The summed E-state index contributed by atoms with van der Waals surface area (Å²) in [7, 11) is 0. The molecule has 0 amide bonds. The molecule has 0 aromatic carbocycles. The average molecular weight is 302 g/mol. The quantitative estimate of drug-likeness (QED) is 0.928. The molecule has 1 aliphatic heterocycles. The molecule has 21 heavy (non-hydrogen) atoms. The average Bonchev–Trinajstić information content (AvgIpc) is 2.40. The summed E-state index contributed by atoms with van der Waals surface area (Å²) in [6.45, 7) is 4.72. The second-order valence-corrected chi connectivity index (χ2v) is 5.66. The highest BCUT2D eigenvalue weighted by atomic mass is 19.4. The van der Waals surface area contributed by atoms with E-state index in [9.17, 15) is 13.2 Å². The Kier molecular flexibility index (Phi) is 5.03. The summed E-state index contributed by atoms with van der Waals surface area (Å²) in [5.74, 6) is 1.16. The molecular formula is C14H21F3N4. The molecule has 1 N–H and O–H groups in total. The number of nitrogens with zero attached hydrogens (tertiary/aromatic N) is 3. The molecule has 1 saturated heterocycles. The van der Waals surface area contributed by atoms with Gasteiger partial charge in [0.1, 0.15) is 5.82 Å². The van der Waals surface area contributed by atoms with E-state index in [1.807, 2.05) is 13.8 Å². The van der Waals surface area contributed by atoms with Gasteiger partial charge in [0.2, 0.25) is 0 Å². The van der Waals surface area contributed by atoms with Gasteiger partial charge in [-0.3, -0.25) is 9.88 Å². The molecular weight excluding hydrogens is 281 g/mol. The first-order valence-electron chi connectivity index (χ1n) is 7.17. The van der Waals surface area contributed by atoms with Gasteiger partial charge in [0.15, 0.2) is 0 Å². The number of likely N-dealkylation sites (tertiary alicyclic amines) is 1. The highest BCUT2D eigenvalue weighted by Crippen LogP contribution is 2.23. The lowest BCUT2D eigenvalue weighted by Gasteiger charge is -2.32. The van der Waals surface area contributed by atoms with Crippen LogP contribution in [-0.4, -0.2) is 47.2 Å². The molecule has 118 valence electrons. The van der Waals surface area contributed by atoms with Crippen LogP contribution >= 0.6 is 0 Å². The van der Waals surface area contributed by atoms with Gasteiger partial charge in [-0.05, 0) is 45.7 Å². The molecule has 1 aromatic heterocycles. The molecule has 0 spiro atoms. The normalized spacial score (nSPS) is 18.0. The van der Waals surface area contributed by atoms with E-state index in [1.54, 1.807) is 6.20 Å². The van der Waals surface area contributed by atoms with Crippen LogP contribution in [0.3, 0.4) is 0 Å². The SMILES string of the molecule is Cc1cnc(C)c(NCC2CCN(CC(F)(F)F)CC2)n1. The first-order valence-corrected chi connectivity index (χ1v) is 7.17. The van der Waals surface area contributed by atoms with Gasteiger partial charge in [0, 0.05) is 12.7 Å². The van der Waals surface area contributed by atoms with Gasteiger partial charge < -0.3 is 5.32 Å². The molecule has 0 atom stereocenters. The minimum absolute atomic E-state index is 0.385. The lowest BCUT2D eigenvalue weighted by molar-refractivity contribution is -0.148. The van der Waals surface area contributed by atoms with Crippen LogP contribution in [0.2, 0.25) is 0 Å². The largest absolute Gasteiger partial charge is 0.401 e. The van der Waals surface area contributed by atoms with Crippen molar-refractivity contribution in [1.82, 2.24) is 14.9 Å². The van der Waals surface area contributed by atoms with Crippen LogP contribution in [0.5, 0.6) is 0 Å². The van der Waals surface area contributed by atoms with E-state index in [4.69, 9.17) is 0 Å². The number of alkyl halides is 3. The topological polar surface area (TPSA) is 41.1 Å². The zero-order chi connectivity index (χ0) is 15.5. The van der Waals surface area contributed by atoms with E-state index in [0.29, 0.717) is 19.0 Å². The molecule has 7 heteroatoms. The van der Waals surface area contributed by atoms with E-state index in [-0.39, 0.29) is 0 Å². The fraction of sp³-hybridized carbons (Fsp3) is 0.714. The van der Waals surface area contributed by atoms with Crippen molar-refractivity contribution in [2.75, 3.05) is 31.5 Å². The molecule has 4 nitrogen and oxygen atoms in total. The highest BCUT2D eigenvalue weighted by Gasteiger charge is 2.32. The number of hydrogen-bond acceptors (Lipinski definition) is 4. The maximum Gasteiger partial charge on any atom is 0.401 e. The van der Waals surface area contributed by atoms with Crippen LogP contribution in [-0.2, 0) is 0 Å².